The lowest BCUT2D eigenvalue weighted by atomic mass is 10.2. The van der Waals surface area contributed by atoms with E-state index in [4.69, 9.17) is 0 Å². The van der Waals surface area contributed by atoms with Crippen molar-refractivity contribution >= 4 is 23.5 Å². The maximum atomic E-state index is 11.8. The second-order valence-corrected chi connectivity index (χ2v) is 6.00. The fourth-order valence-electron chi connectivity index (χ4n) is 2.25. The van der Waals surface area contributed by atoms with Gasteiger partial charge in [-0.05, 0) is 37.1 Å². The van der Waals surface area contributed by atoms with Gasteiger partial charge < -0.3 is 10.6 Å². The van der Waals surface area contributed by atoms with Crippen LogP contribution in [0.25, 0.3) is 0 Å². The summed E-state index contributed by atoms with van der Waals surface area (Å²) in [5.74, 6) is 1.15. The molecule has 2 amide bonds. The average Bonchev–Trinajstić information content (AvgIpc) is 2.78. The van der Waals surface area contributed by atoms with Crippen LogP contribution in [0.2, 0.25) is 0 Å². The summed E-state index contributed by atoms with van der Waals surface area (Å²) in [6.45, 7) is 2.18. The highest BCUT2D eigenvalue weighted by Gasteiger charge is 2.25. The topological polar surface area (TPSA) is 54.0 Å². The molecular weight excluding hydrogens is 246 g/mol. The van der Waals surface area contributed by atoms with Gasteiger partial charge in [0.2, 0.25) is 0 Å². The minimum absolute atomic E-state index is 0.129. The van der Waals surface area contributed by atoms with Gasteiger partial charge in [0.05, 0.1) is 11.9 Å². The van der Waals surface area contributed by atoms with E-state index in [9.17, 15) is 4.79 Å². The third-order valence-corrected chi connectivity index (χ3v) is 4.27. The summed E-state index contributed by atoms with van der Waals surface area (Å²) in [7, 11) is 0. The number of carbonyl (C=O) groups excluding carboxylic acids is 1. The predicted molar refractivity (Wildman–Crippen MR) is 76.0 cm³/mol. The van der Waals surface area contributed by atoms with E-state index in [2.05, 4.69) is 22.5 Å². The Morgan fingerprint density at radius 3 is 3.17 bits per heavy atom. The summed E-state index contributed by atoms with van der Waals surface area (Å²) < 4.78 is 0. The van der Waals surface area contributed by atoms with E-state index >= 15 is 0 Å². The SMILES string of the molecule is CCS[C@H]1CC[C@H](NC(=O)Nc2cccnc2)C1. The molecule has 4 nitrogen and oxygen atoms in total. The number of nitrogens with zero attached hydrogens (tertiary/aromatic N) is 1. The molecule has 0 aromatic carbocycles. The average molecular weight is 265 g/mol. The highest BCUT2D eigenvalue weighted by molar-refractivity contribution is 7.99. The van der Waals surface area contributed by atoms with Crippen molar-refractivity contribution in [2.75, 3.05) is 11.1 Å². The van der Waals surface area contributed by atoms with Crippen LogP contribution in [-0.2, 0) is 0 Å². The second kappa shape index (κ2) is 6.64. The van der Waals surface area contributed by atoms with E-state index in [1.165, 1.54) is 6.42 Å². The van der Waals surface area contributed by atoms with Crippen LogP contribution in [0.15, 0.2) is 24.5 Å². The molecule has 1 saturated carbocycles. The minimum Gasteiger partial charge on any atom is -0.335 e. The largest absolute Gasteiger partial charge is 0.335 e. The summed E-state index contributed by atoms with van der Waals surface area (Å²) >= 11 is 1.99. The van der Waals surface area contributed by atoms with Gasteiger partial charge in [-0.1, -0.05) is 6.92 Å². The molecule has 0 radical (unpaired) electrons. The number of anilines is 1. The Labute approximate surface area is 112 Å². The van der Waals surface area contributed by atoms with Gasteiger partial charge in [-0.15, -0.1) is 0 Å². The molecule has 18 heavy (non-hydrogen) atoms. The lowest BCUT2D eigenvalue weighted by Crippen LogP contribution is -2.36. The molecular formula is C13H19N3OS. The monoisotopic (exact) mass is 265 g/mol. The van der Waals surface area contributed by atoms with Crippen molar-refractivity contribution in [3.05, 3.63) is 24.5 Å². The van der Waals surface area contributed by atoms with Gasteiger partial charge in [-0.3, -0.25) is 4.98 Å². The van der Waals surface area contributed by atoms with Gasteiger partial charge in [0.1, 0.15) is 0 Å². The molecule has 1 fully saturated rings. The van der Waals surface area contributed by atoms with Gasteiger partial charge in [0, 0.05) is 17.5 Å². The fourth-order valence-corrected chi connectivity index (χ4v) is 3.39. The summed E-state index contributed by atoms with van der Waals surface area (Å²) in [6, 6.07) is 3.82. The van der Waals surface area contributed by atoms with Crippen LogP contribution in [0, 0.1) is 0 Å². The standard InChI is InChI=1S/C13H19N3OS/c1-2-18-12-6-5-10(8-12)15-13(17)16-11-4-3-7-14-9-11/h3-4,7,9-10,12H,2,5-6,8H2,1H3,(H2,15,16,17)/t10-,12-/m0/s1. The Hall–Kier alpha value is -1.23. The van der Waals surface area contributed by atoms with Crippen molar-refractivity contribution in [2.24, 2.45) is 0 Å². The predicted octanol–water partition coefficient (Wildman–Crippen LogP) is 2.88. The zero-order chi connectivity index (χ0) is 12.8. The summed E-state index contributed by atoms with van der Waals surface area (Å²) in [4.78, 5) is 15.7. The maximum absolute atomic E-state index is 11.8. The number of amides is 2. The van der Waals surface area contributed by atoms with Crippen molar-refractivity contribution in [2.45, 2.75) is 37.5 Å². The van der Waals surface area contributed by atoms with Gasteiger partial charge >= 0.3 is 6.03 Å². The van der Waals surface area contributed by atoms with Crippen LogP contribution in [0.1, 0.15) is 26.2 Å². The summed E-state index contributed by atoms with van der Waals surface area (Å²) in [5, 5.41) is 6.53. The van der Waals surface area contributed by atoms with Gasteiger partial charge in [0.25, 0.3) is 0 Å². The number of rotatable bonds is 4. The minimum atomic E-state index is -0.129. The molecule has 2 N–H and O–H groups in total. The number of hydrogen-bond acceptors (Lipinski definition) is 3. The zero-order valence-corrected chi connectivity index (χ0v) is 11.4. The number of hydrogen-bond donors (Lipinski definition) is 2. The van der Waals surface area contributed by atoms with Crippen LogP contribution in [0.3, 0.4) is 0 Å². The lowest BCUT2D eigenvalue weighted by Gasteiger charge is -2.13. The van der Waals surface area contributed by atoms with E-state index in [1.54, 1.807) is 18.5 Å². The molecule has 0 bridgehead atoms. The number of pyridine rings is 1. The highest BCUT2D eigenvalue weighted by atomic mass is 32.2. The molecule has 1 aromatic heterocycles. The normalized spacial score (nSPS) is 22.7. The maximum Gasteiger partial charge on any atom is 0.319 e. The number of carbonyl (C=O) groups is 1. The van der Waals surface area contributed by atoms with E-state index in [0.29, 0.717) is 11.3 Å². The Balaban J connectivity index is 1.75. The molecule has 98 valence electrons. The van der Waals surface area contributed by atoms with Gasteiger partial charge in [-0.25, -0.2) is 4.79 Å². The summed E-state index contributed by atoms with van der Waals surface area (Å²) in [5.41, 5.74) is 0.729. The first-order valence-corrected chi connectivity index (χ1v) is 7.42. The van der Waals surface area contributed by atoms with Crippen LogP contribution < -0.4 is 10.6 Å². The molecule has 1 heterocycles. The zero-order valence-electron chi connectivity index (χ0n) is 10.6. The van der Waals surface area contributed by atoms with E-state index in [1.807, 2.05) is 17.8 Å². The third kappa shape index (κ3) is 3.91. The van der Waals surface area contributed by atoms with Crippen molar-refractivity contribution in [3.63, 3.8) is 0 Å². The number of urea groups is 1. The third-order valence-electron chi connectivity index (χ3n) is 3.04. The molecule has 2 rings (SSSR count). The van der Waals surface area contributed by atoms with Crippen LogP contribution >= 0.6 is 11.8 Å². The Bertz CT molecular complexity index is 385. The molecule has 0 unspecified atom stereocenters. The van der Waals surface area contributed by atoms with Crippen molar-refractivity contribution in [1.29, 1.82) is 0 Å². The molecule has 1 aliphatic carbocycles. The first-order valence-electron chi connectivity index (χ1n) is 6.37. The van der Waals surface area contributed by atoms with E-state index in [0.717, 1.165) is 24.3 Å². The first-order chi connectivity index (χ1) is 8.78. The molecule has 0 aliphatic heterocycles. The Morgan fingerprint density at radius 1 is 1.56 bits per heavy atom. The van der Waals surface area contributed by atoms with Gasteiger partial charge in [-0.2, -0.15) is 11.8 Å². The molecule has 5 heteroatoms. The van der Waals surface area contributed by atoms with Crippen molar-refractivity contribution in [1.82, 2.24) is 10.3 Å². The van der Waals surface area contributed by atoms with Crippen molar-refractivity contribution < 1.29 is 4.79 Å². The molecule has 0 saturated heterocycles. The smallest absolute Gasteiger partial charge is 0.319 e. The first kappa shape index (κ1) is 13.2. The molecule has 0 spiro atoms. The van der Waals surface area contributed by atoms with Gasteiger partial charge in [0.15, 0.2) is 0 Å². The lowest BCUT2D eigenvalue weighted by molar-refractivity contribution is 0.248. The van der Waals surface area contributed by atoms with Crippen LogP contribution in [-0.4, -0.2) is 28.1 Å². The quantitative estimate of drug-likeness (QED) is 0.880. The Kier molecular flexibility index (Phi) is 4.87. The van der Waals surface area contributed by atoms with Crippen LogP contribution in [0.4, 0.5) is 10.5 Å². The molecule has 1 aliphatic rings. The second-order valence-electron chi connectivity index (χ2n) is 4.43. The van der Waals surface area contributed by atoms with E-state index in [-0.39, 0.29) is 6.03 Å². The number of nitrogens with one attached hydrogen (secondary N) is 2. The fraction of sp³-hybridized carbons (Fsp3) is 0.538. The Morgan fingerprint density at radius 2 is 2.44 bits per heavy atom. The molecule has 2 atom stereocenters. The number of aromatic nitrogens is 1. The van der Waals surface area contributed by atoms with Crippen molar-refractivity contribution in [3.8, 4) is 0 Å². The summed E-state index contributed by atoms with van der Waals surface area (Å²) in [6.07, 6.45) is 6.70. The van der Waals surface area contributed by atoms with Crippen LogP contribution in [0.5, 0.6) is 0 Å². The van der Waals surface area contributed by atoms with E-state index < -0.39 is 0 Å². The molecule has 1 aromatic rings. The number of thioether (sulfide) groups is 1. The highest BCUT2D eigenvalue weighted by Crippen LogP contribution is 2.29.